The quantitative estimate of drug-likeness (QED) is 0.609. The summed E-state index contributed by atoms with van der Waals surface area (Å²) in [6.07, 6.45) is 0. The van der Waals surface area contributed by atoms with Gasteiger partial charge in [-0.25, -0.2) is 0 Å². The molecule has 3 nitrogen and oxygen atoms in total. The largest absolute Gasteiger partial charge is 0.269 e. The first-order chi connectivity index (χ1) is 8.58. The number of benzene rings is 2. The van der Waals surface area contributed by atoms with E-state index >= 15 is 0 Å². The summed E-state index contributed by atoms with van der Waals surface area (Å²) in [5.41, 5.74) is 2.67. The molecule has 0 unspecified atom stereocenters. The number of nitrogens with zero attached hydrogens (tertiary/aromatic N) is 1. The van der Waals surface area contributed by atoms with Crippen LogP contribution in [-0.2, 0) is 0 Å². The van der Waals surface area contributed by atoms with Gasteiger partial charge in [-0.15, -0.1) is 0 Å². The molecule has 0 heterocycles. The van der Waals surface area contributed by atoms with Crippen molar-refractivity contribution in [1.82, 2.24) is 0 Å². The number of nitro groups is 1. The lowest BCUT2D eigenvalue weighted by Crippen LogP contribution is -1.89. The number of non-ortho nitro benzene ring substituents is 1. The third-order valence-corrected chi connectivity index (χ3v) is 2.87. The van der Waals surface area contributed by atoms with Gasteiger partial charge in [0, 0.05) is 17.2 Å². The van der Waals surface area contributed by atoms with Crippen LogP contribution in [0.5, 0.6) is 0 Å². The van der Waals surface area contributed by atoms with Crippen LogP contribution in [0.3, 0.4) is 0 Å². The second kappa shape index (κ2) is 5.02. The minimum Gasteiger partial charge on any atom is -0.258 e. The topological polar surface area (TPSA) is 43.1 Å². The second-order valence-corrected chi connectivity index (χ2v) is 4.23. The number of hydrogen-bond donors (Lipinski definition) is 0. The molecule has 2 rings (SSSR count). The van der Waals surface area contributed by atoms with Crippen molar-refractivity contribution >= 4 is 22.9 Å². The van der Waals surface area contributed by atoms with Crippen molar-refractivity contribution in [1.29, 1.82) is 0 Å². The maximum Gasteiger partial charge on any atom is 0.269 e. The summed E-state index contributed by atoms with van der Waals surface area (Å²) < 4.78 is 0. The fraction of sp³-hybridized carbons (Fsp3) is 0. The molecule has 0 saturated heterocycles. The molecule has 2 aromatic carbocycles. The van der Waals surface area contributed by atoms with Crippen LogP contribution in [0.15, 0.2) is 55.1 Å². The van der Waals surface area contributed by atoms with Crippen molar-refractivity contribution in [3.63, 3.8) is 0 Å². The highest BCUT2D eigenvalue weighted by molar-refractivity contribution is 6.30. The maximum atomic E-state index is 10.6. The van der Waals surface area contributed by atoms with Gasteiger partial charge in [0.05, 0.1) is 4.92 Å². The standard InChI is InChI=1S/C14H10ClNO2/c1-10(11-2-6-13(15)7-3-11)12-4-8-14(9-5-12)16(17)18/h2-9H,1H2. The van der Waals surface area contributed by atoms with Crippen molar-refractivity contribution in [3.05, 3.63) is 81.4 Å². The summed E-state index contributed by atoms with van der Waals surface area (Å²) in [6, 6.07) is 13.6. The van der Waals surface area contributed by atoms with E-state index in [4.69, 9.17) is 11.6 Å². The highest BCUT2D eigenvalue weighted by Crippen LogP contribution is 2.24. The third kappa shape index (κ3) is 2.57. The highest BCUT2D eigenvalue weighted by Gasteiger charge is 2.07. The third-order valence-electron chi connectivity index (χ3n) is 2.62. The van der Waals surface area contributed by atoms with E-state index < -0.39 is 4.92 Å². The van der Waals surface area contributed by atoms with E-state index in [1.165, 1.54) is 12.1 Å². The van der Waals surface area contributed by atoms with Crippen LogP contribution in [0.1, 0.15) is 11.1 Å². The lowest BCUT2D eigenvalue weighted by Gasteiger charge is -2.06. The van der Waals surface area contributed by atoms with Gasteiger partial charge in [-0.2, -0.15) is 0 Å². The first-order valence-electron chi connectivity index (χ1n) is 5.27. The molecule has 4 heteroatoms. The molecular weight excluding hydrogens is 250 g/mol. The number of rotatable bonds is 3. The molecule has 0 saturated carbocycles. The minimum atomic E-state index is -0.422. The van der Waals surface area contributed by atoms with E-state index in [2.05, 4.69) is 6.58 Å². The fourth-order valence-electron chi connectivity index (χ4n) is 1.60. The Hall–Kier alpha value is -2.13. The highest BCUT2D eigenvalue weighted by atomic mass is 35.5. The molecule has 0 aliphatic heterocycles. The Morgan fingerprint density at radius 2 is 1.44 bits per heavy atom. The predicted molar refractivity (Wildman–Crippen MR) is 72.7 cm³/mol. The van der Waals surface area contributed by atoms with Gasteiger partial charge in [0.15, 0.2) is 0 Å². The molecular formula is C14H10ClNO2. The van der Waals surface area contributed by atoms with Gasteiger partial charge in [-0.3, -0.25) is 10.1 Å². The van der Waals surface area contributed by atoms with Crippen molar-refractivity contribution < 1.29 is 4.92 Å². The van der Waals surface area contributed by atoms with E-state index in [9.17, 15) is 10.1 Å². The molecule has 0 atom stereocenters. The van der Waals surface area contributed by atoms with Crippen LogP contribution in [0, 0.1) is 10.1 Å². The fourth-order valence-corrected chi connectivity index (χ4v) is 1.73. The Bertz CT molecular complexity index is 588. The summed E-state index contributed by atoms with van der Waals surface area (Å²) in [5.74, 6) is 0. The summed E-state index contributed by atoms with van der Waals surface area (Å²) in [7, 11) is 0. The zero-order chi connectivity index (χ0) is 13.1. The molecule has 0 bridgehead atoms. The van der Waals surface area contributed by atoms with E-state index in [0.717, 1.165) is 16.7 Å². The predicted octanol–water partition coefficient (Wildman–Crippen LogP) is 4.31. The van der Waals surface area contributed by atoms with Crippen LogP contribution < -0.4 is 0 Å². The second-order valence-electron chi connectivity index (χ2n) is 3.79. The zero-order valence-corrected chi connectivity index (χ0v) is 10.2. The monoisotopic (exact) mass is 259 g/mol. The first kappa shape index (κ1) is 12.3. The molecule has 0 N–H and O–H groups in total. The van der Waals surface area contributed by atoms with Crippen LogP contribution in [0.25, 0.3) is 5.57 Å². The lowest BCUT2D eigenvalue weighted by atomic mass is 10.00. The van der Waals surface area contributed by atoms with Crippen molar-refractivity contribution in [2.45, 2.75) is 0 Å². The van der Waals surface area contributed by atoms with Gasteiger partial charge < -0.3 is 0 Å². The summed E-state index contributed by atoms with van der Waals surface area (Å²) in [4.78, 5) is 10.1. The minimum absolute atomic E-state index is 0.0719. The van der Waals surface area contributed by atoms with Crippen molar-refractivity contribution in [2.24, 2.45) is 0 Å². The Kier molecular flexibility index (Phi) is 3.44. The van der Waals surface area contributed by atoms with Gasteiger partial charge in [0.25, 0.3) is 5.69 Å². The zero-order valence-electron chi connectivity index (χ0n) is 9.47. The molecule has 18 heavy (non-hydrogen) atoms. The summed E-state index contributed by atoms with van der Waals surface area (Å²) in [5, 5.41) is 11.2. The Morgan fingerprint density at radius 1 is 1.00 bits per heavy atom. The lowest BCUT2D eigenvalue weighted by molar-refractivity contribution is -0.384. The van der Waals surface area contributed by atoms with Gasteiger partial charge in [-0.05, 0) is 41.0 Å². The summed E-state index contributed by atoms with van der Waals surface area (Å²) in [6.45, 7) is 3.99. The number of nitro benzene ring substituents is 1. The first-order valence-corrected chi connectivity index (χ1v) is 5.65. The molecule has 0 aromatic heterocycles. The molecule has 90 valence electrons. The molecule has 0 radical (unpaired) electrons. The normalized spacial score (nSPS) is 10.1. The molecule has 0 aliphatic carbocycles. The van der Waals surface area contributed by atoms with Gasteiger partial charge in [-0.1, -0.05) is 30.3 Å². The molecule has 0 fully saturated rings. The van der Waals surface area contributed by atoms with Crippen molar-refractivity contribution in [3.8, 4) is 0 Å². The SMILES string of the molecule is C=C(c1ccc(Cl)cc1)c1ccc([N+](=O)[O-])cc1. The average molecular weight is 260 g/mol. The van der Waals surface area contributed by atoms with Crippen LogP contribution >= 0.6 is 11.6 Å². The van der Waals surface area contributed by atoms with Crippen LogP contribution in [-0.4, -0.2) is 4.92 Å². The van der Waals surface area contributed by atoms with E-state index in [1.807, 2.05) is 12.1 Å². The average Bonchev–Trinajstić information content (AvgIpc) is 2.39. The Labute approximate surface area is 109 Å². The van der Waals surface area contributed by atoms with E-state index in [0.29, 0.717) is 5.02 Å². The van der Waals surface area contributed by atoms with E-state index in [-0.39, 0.29) is 5.69 Å². The summed E-state index contributed by atoms with van der Waals surface area (Å²) >= 11 is 5.81. The van der Waals surface area contributed by atoms with Crippen LogP contribution in [0.2, 0.25) is 5.02 Å². The van der Waals surface area contributed by atoms with E-state index in [1.54, 1.807) is 24.3 Å². The molecule has 0 spiro atoms. The molecule has 0 aliphatic rings. The van der Waals surface area contributed by atoms with Gasteiger partial charge in [0.2, 0.25) is 0 Å². The Balaban J connectivity index is 2.28. The Morgan fingerprint density at radius 3 is 1.89 bits per heavy atom. The smallest absolute Gasteiger partial charge is 0.258 e. The van der Waals surface area contributed by atoms with Gasteiger partial charge in [0.1, 0.15) is 0 Å². The van der Waals surface area contributed by atoms with Crippen LogP contribution in [0.4, 0.5) is 5.69 Å². The molecule has 0 amide bonds. The van der Waals surface area contributed by atoms with Crippen molar-refractivity contribution in [2.75, 3.05) is 0 Å². The number of halogens is 1. The van der Waals surface area contributed by atoms with Gasteiger partial charge >= 0.3 is 0 Å². The molecule has 2 aromatic rings. The number of hydrogen-bond acceptors (Lipinski definition) is 2. The maximum absolute atomic E-state index is 10.6.